The van der Waals surface area contributed by atoms with Crippen LogP contribution in [0.5, 0.6) is 0 Å². The van der Waals surface area contributed by atoms with E-state index in [1.54, 1.807) is 11.3 Å². The monoisotopic (exact) mass is 258 g/mol. The fourth-order valence-corrected chi connectivity index (χ4v) is 2.56. The van der Waals surface area contributed by atoms with Crippen LogP contribution < -0.4 is 5.32 Å². The highest BCUT2D eigenvalue weighted by Crippen LogP contribution is 2.24. The summed E-state index contributed by atoms with van der Waals surface area (Å²) in [5, 5.41) is 7.51. The first-order valence-corrected chi connectivity index (χ1v) is 6.93. The van der Waals surface area contributed by atoms with Crippen molar-refractivity contribution in [1.82, 2.24) is 14.4 Å². The van der Waals surface area contributed by atoms with E-state index in [9.17, 15) is 0 Å². The topological polar surface area (TPSA) is 42.2 Å². The lowest BCUT2D eigenvalue weighted by atomic mass is 10.3. The Morgan fingerprint density at radius 2 is 2.33 bits per heavy atom. The largest absolute Gasteiger partial charge is 0.367 e. The Kier molecular flexibility index (Phi) is 2.98. The van der Waals surface area contributed by atoms with Gasteiger partial charge in [-0.25, -0.2) is 9.97 Å². The zero-order chi connectivity index (χ0) is 12.4. The van der Waals surface area contributed by atoms with Gasteiger partial charge in [-0.05, 0) is 17.9 Å². The molecule has 0 aliphatic heterocycles. The lowest BCUT2D eigenvalue weighted by Crippen LogP contribution is -2.04. The molecule has 18 heavy (non-hydrogen) atoms. The molecule has 0 atom stereocenters. The highest BCUT2D eigenvalue weighted by atomic mass is 32.1. The van der Waals surface area contributed by atoms with E-state index in [2.05, 4.69) is 43.4 Å². The van der Waals surface area contributed by atoms with Crippen molar-refractivity contribution < 1.29 is 0 Å². The van der Waals surface area contributed by atoms with E-state index >= 15 is 0 Å². The van der Waals surface area contributed by atoms with Gasteiger partial charge in [0.15, 0.2) is 11.5 Å². The summed E-state index contributed by atoms with van der Waals surface area (Å²) < 4.78 is 2.08. The molecule has 3 heterocycles. The molecule has 0 aliphatic carbocycles. The molecule has 0 fully saturated rings. The summed E-state index contributed by atoms with van der Waals surface area (Å²) in [6.07, 6.45) is 6.73. The van der Waals surface area contributed by atoms with Gasteiger partial charge in [-0.1, -0.05) is 6.92 Å². The number of nitrogens with one attached hydrogen (secondary N) is 1. The number of hydrogen-bond donors (Lipinski definition) is 1. The Hall–Kier alpha value is -1.88. The van der Waals surface area contributed by atoms with Gasteiger partial charge >= 0.3 is 0 Å². The van der Waals surface area contributed by atoms with Crippen LogP contribution in [0.25, 0.3) is 16.9 Å². The first-order valence-electron chi connectivity index (χ1n) is 5.98. The predicted molar refractivity (Wildman–Crippen MR) is 75.1 cm³/mol. The second kappa shape index (κ2) is 4.78. The van der Waals surface area contributed by atoms with Crippen molar-refractivity contribution in [2.45, 2.75) is 13.3 Å². The van der Waals surface area contributed by atoms with Gasteiger partial charge in [0.25, 0.3) is 0 Å². The van der Waals surface area contributed by atoms with E-state index in [-0.39, 0.29) is 0 Å². The molecule has 0 aromatic carbocycles. The number of thiophene rings is 1. The molecule has 0 saturated carbocycles. The minimum absolute atomic E-state index is 0.848. The molecule has 0 saturated heterocycles. The zero-order valence-corrected chi connectivity index (χ0v) is 10.9. The van der Waals surface area contributed by atoms with Crippen molar-refractivity contribution in [3.63, 3.8) is 0 Å². The Morgan fingerprint density at radius 3 is 3.11 bits per heavy atom. The fraction of sp³-hybridized carbons (Fsp3) is 0.231. The van der Waals surface area contributed by atoms with Gasteiger partial charge in [0, 0.05) is 29.9 Å². The van der Waals surface area contributed by atoms with E-state index < -0.39 is 0 Å². The number of aromatic nitrogens is 3. The number of hydrogen-bond acceptors (Lipinski definition) is 4. The minimum Gasteiger partial charge on any atom is -0.367 e. The van der Waals surface area contributed by atoms with Crippen molar-refractivity contribution in [1.29, 1.82) is 0 Å². The van der Waals surface area contributed by atoms with E-state index in [0.29, 0.717) is 0 Å². The average Bonchev–Trinajstić information content (AvgIpc) is 3.04. The van der Waals surface area contributed by atoms with Gasteiger partial charge in [0.2, 0.25) is 0 Å². The number of rotatable bonds is 4. The van der Waals surface area contributed by atoms with Crippen LogP contribution in [-0.2, 0) is 0 Å². The summed E-state index contributed by atoms with van der Waals surface area (Å²) in [5.74, 6) is 0.848. The third kappa shape index (κ3) is 1.86. The molecule has 0 unspecified atom stereocenters. The van der Waals surface area contributed by atoms with E-state index in [4.69, 9.17) is 0 Å². The van der Waals surface area contributed by atoms with Crippen LogP contribution in [0.3, 0.4) is 0 Å². The lowest BCUT2D eigenvalue weighted by Gasteiger charge is -2.05. The molecule has 92 valence electrons. The first-order chi connectivity index (χ1) is 8.90. The molecule has 3 aromatic heterocycles. The maximum Gasteiger partial charge on any atom is 0.180 e. The summed E-state index contributed by atoms with van der Waals surface area (Å²) in [6, 6.07) is 2.10. The highest BCUT2D eigenvalue weighted by Gasteiger charge is 2.09. The SMILES string of the molecule is CCCNc1nccn2c(-c3ccsc3)cnc12. The number of anilines is 1. The van der Waals surface area contributed by atoms with Crippen LogP contribution in [0.1, 0.15) is 13.3 Å². The van der Waals surface area contributed by atoms with Gasteiger partial charge in [-0.2, -0.15) is 11.3 Å². The molecular formula is C13H14N4S. The summed E-state index contributed by atoms with van der Waals surface area (Å²) >= 11 is 1.69. The van der Waals surface area contributed by atoms with Crippen LogP contribution in [0.2, 0.25) is 0 Å². The molecule has 5 heteroatoms. The molecule has 1 N–H and O–H groups in total. The Labute approximate surface area is 109 Å². The molecule has 4 nitrogen and oxygen atoms in total. The molecule has 0 amide bonds. The summed E-state index contributed by atoms with van der Waals surface area (Å²) in [4.78, 5) is 8.82. The van der Waals surface area contributed by atoms with Crippen molar-refractivity contribution in [2.75, 3.05) is 11.9 Å². The Morgan fingerprint density at radius 1 is 1.39 bits per heavy atom. The van der Waals surface area contributed by atoms with Gasteiger partial charge in [-0.15, -0.1) is 0 Å². The predicted octanol–water partition coefficient (Wildman–Crippen LogP) is 3.28. The smallest absolute Gasteiger partial charge is 0.180 e. The Balaban J connectivity index is 2.09. The van der Waals surface area contributed by atoms with Gasteiger partial charge in [0.05, 0.1) is 11.9 Å². The zero-order valence-electron chi connectivity index (χ0n) is 10.1. The third-order valence-electron chi connectivity index (χ3n) is 2.79. The fourth-order valence-electron chi connectivity index (χ4n) is 1.91. The second-order valence-corrected chi connectivity index (χ2v) is 4.83. The van der Waals surface area contributed by atoms with Gasteiger partial charge < -0.3 is 5.32 Å². The summed E-state index contributed by atoms with van der Waals surface area (Å²) in [7, 11) is 0. The lowest BCUT2D eigenvalue weighted by molar-refractivity contribution is 0.965. The average molecular weight is 258 g/mol. The highest BCUT2D eigenvalue weighted by molar-refractivity contribution is 7.08. The molecule has 0 spiro atoms. The maximum absolute atomic E-state index is 4.47. The molecule has 0 bridgehead atoms. The first kappa shape index (κ1) is 11.2. The van der Waals surface area contributed by atoms with Crippen LogP contribution in [0.4, 0.5) is 5.82 Å². The van der Waals surface area contributed by atoms with E-state index in [1.807, 2.05) is 18.6 Å². The number of imidazole rings is 1. The van der Waals surface area contributed by atoms with E-state index in [1.165, 1.54) is 5.56 Å². The number of fused-ring (bicyclic) bond motifs is 1. The van der Waals surface area contributed by atoms with Gasteiger partial charge in [0.1, 0.15) is 0 Å². The quantitative estimate of drug-likeness (QED) is 0.781. The third-order valence-corrected chi connectivity index (χ3v) is 3.47. The van der Waals surface area contributed by atoms with Crippen molar-refractivity contribution in [3.8, 4) is 11.3 Å². The normalized spacial score (nSPS) is 10.9. The molecule has 3 rings (SSSR count). The van der Waals surface area contributed by atoms with E-state index in [0.717, 1.165) is 30.1 Å². The van der Waals surface area contributed by atoms with Crippen LogP contribution in [0.15, 0.2) is 35.4 Å². The Bertz CT molecular complexity index is 642. The summed E-state index contributed by atoms with van der Waals surface area (Å²) in [6.45, 7) is 3.04. The van der Waals surface area contributed by atoms with Crippen molar-refractivity contribution in [3.05, 3.63) is 35.4 Å². The van der Waals surface area contributed by atoms with Crippen molar-refractivity contribution >= 4 is 22.8 Å². The second-order valence-electron chi connectivity index (χ2n) is 4.05. The molecule has 0 aliphatic rings. The molecule has 0 radical (unpaired) electrons. The number of nitrogens with zero attached hydrogens (tertiary/aromatic N) is 3. The van der Waals surface area contributed by atoms with Crippen molar-refractivity contribution in [2.24, 2.45) is 0 Å². The van der Waals surface area contributed by atoms with Crippen LogP contribution >= 0.6 is 11.3 Å². The van der Waals surface area contributed by atoms with Gasteiger partial charge in [-0.3, -0.25) is 4.40 Å². The van der Waals surface area contributed by atoms with Crippen LogP contribution in [-0.4, -0.2) is 20.9 Å². The maximum atomic E-state index is 4.47. The summed E-state index contributed by atoms with van der Waals surface area (Å²) in [5.41, 5.74) is 3.18. The minimum atomic E-state index is 0.848. The van der Waals surface area contributed by atoms with Crippen LogP contribution in [0, 0.1) is 0 Å². The molecule has 3 aromatic rings. The standard InChI is InChI=1S/C13H14N4S/c1-2-4-14-12-13-16-8-11(10-3-7-18-9-10)17(13)6-5-15-12/h3,5-9H,2,4H2,1H3,(H,14,15). The molecular weight excluding hydrogens is 244 g/mol.